The molecule has 0 amide bonds. The first-order valence-electron chi connectivity index (χ1n) is 2.61. The van der Waals surface area contributed by atoms with Crippen LogP contribution in [0.5, 0.6) is 0 Å². The molecule has 1 rings (SSSR count). The van der Waals surface area contributed by atoms with Crippen molar-refractivity contribution in [2.75, 3.05) is 13.7 Å². The number of hydrogen-bond donors (Lipinski definition) is 0. The maximum Gasteiger partial charge on any atom is 0.259 e. The molecule has 1 fully saturated rings. The minimum Gasteiger partial charge on any atom is -0.469 e. The monoisotopic (exact) mass is 131 g/mol. The lowest BCUT2D eigenvalue weighted by Gasteiger charge is -2.10. The SMILES string of the molecule is CC1COC(=S)N1C. The van der Waals surface area contributed by atoms with Gasteiger partial charge in [-0.05, 0) is 19.1 Å². The van der Waals surface area contributed by atoms with Crippen molar-refractivity contribution in [1.82, 2.24) is 4.90 Å². The standard InChI is InChI=1S/C5H9NOS/c1-4-3-7-5(8)6(4)2/h4H,3H2,1-2H3. The fraction of sp³-hybridized carbons (Fsp3) is 0.800. The minimum absolute atomic E-state index is 0.461. The molecule has 0 aromatic heterocycles. The first-order chi connectivity index (χ1) is 3.72. The predicted octanol–water partition coefficient (Wildman–Crippen LogP) is 0.622. The summed E-state index contributed by atoms with van der Waals surface area (Å²) in [5.41, 5.74) is 0. The van der Waals surface area contributed by atoms with E-state index in [1.165, 1.54) is 0 Å². The average Bonchev–Trinajstić information content (AvgIpc) is 1.98. The van der Waals surface area contributed by atoms with Crippen LogP contribution < -0.4 is 0 Å². The Labute approximate surface area is 54.4 Å². The zero-order valence-corrected chi connectivity index (χ0v) is 5.86. The molecule has 1 atom stereocenters. The highest BCUT2D eigenvalue weighted by Crippen LogP contribution is 2.07. The summed E-state index contributed by atoms with van der Waals surface area (Å²) in [7, 11) is 1.94. The molecule has 2 nitrogen and oxygen atoms in total. The van der Waals surface area contributed by atoms with Crippen molar-refractivity contribution in [2.45, 2.75) is 13.0 Å². The van der Waals surface area contributed by atoms with Crippen molar-refractivity contribution in [1.29, 1.82) is 0 Å². The molecule has 1 aliphatic heterocycles. The van der Waals surface area contributed by atoms with Gasteiger partial charge in [0.1, 0.15) is 6.61 Å². The molecular weight excluding hydrogens is 122 g/mol. The van der Waals surface area contributed by atoms with Crippen molar-refractivity contribution in [3.05, 3.63) is 0 Å². The Kier molecular flexibility index (Phi) is 1.38. The second-order valence-corrected chi connectivity index (χ2v) is 2.39. The summed E-state index contributed by atoms with van der Waals surface area (Å²) >= 11 is 4.82. The first kappa shape index (κ1) is 5.82. The third-order valence-electron chi connectivity index (χ3n) is 1.40. The molecule has 0 saturated carbocycles. The van der Waals surface area contributed by atoms with Crippen LogP contribution >= 0.6 is 12.2 Å². The number of rotatable bonds is 0. The molecule has 1 aliphatic rings. The van der Waals surface area contributed by atoms with Crippen LogP contribution in [0.2, 0.25) is 0 Å². The lowest BCUT2D eigenvalue weighted by Crippen LogP contribution is -2.25. The van der Waals surface area contributed by atoms with E-state index in [9.17, 15) is 0 Å². The quantitative estimate of drug-likeness (QED) is 0.447. The van der Waals surface area contributed by atoms with E-state index < -0.39 is 0 Å². The van der Waals surface area contributed by atoms with Gasteiger partial charge < -0.3 is 9.64 Å². The van der Waals surface area contributed by atoms with Gasteiger partial charge in [-0.1, -0.05) is 0 Å². The molecule has 0 aromatic rings. The Balaban J connectivity index is 2.56. The molecule has 0 aliphatic carbocycles. The first-order valence-corrected chi connectivity index (χ1v) is 3.02. The molecule has 0 radical (unpaired) electrons. The highest BCUT2D eigenvalue weighted by Gasteiger charge is 2.21. The molecule has 0 N–H and O–H groups in total. The van der Waals surface area contributed by atoms with Crippen LogP contribution in [0.15, 0.2) is 0 Å². The maximum atomic E-state index is 5.03. The topological polar surface area (TPSA) is 12.5 Å². The van der Waals surface area contributed by atoms with E-state index in [-0.39, 0.29) is 0 Å². The highest BCUT2D eigenvalue weighted by atomic mass is 32.1. The van der Waals surface area contributed by atoms with Gasteiger partial charge in [0, 0.05) is 7.05 Å². The second kappa shape index (κ2) is 1.90. The Bertz CT molecular complexity index is 115. The molecule has 0 bridgehead atoms. The number of thiocarbonyl (C=S) groups is 1. The van der Waals surface area contributed by atoms with Crippen molar-refractivity contribution in [3.8, 4) is 0 Å². The molecule has 0 spiro atoms. The maximum absolute atomic E-state index is 5.03. The molecule has 1 unspecified atom stereocenters. The van der Waals surface area contributed by atoms with Gasteiger partial charge in [0.05, 0.1) is 6.04 Å². The normalized spacial score (nSPS) is 28.5. The van der Waals surface area contributed by atoms with Crippen LogP contribution in [0.1, 0.15) is 6.92 Å². The molecule has 8 heavy (non-hydrogen) atoms. The van der Waals surface area contributed by atoms with Gasteiger partial charge in [0.25, 0.3) is 5.17 Å². The summed E-state index contributed by atoms with van der Waals surface area (Å²) < 4.78 is 5.03. The third kappa shape index (κ3) is 0.777. The molecule has 1 saturated heterocycles. The van der Waals surface area contributed by atoms with Crippen LogP contribution in [0.3, 0.4) is 0 Å². The molecule has 46 valence electrons. The van der Waals surface area contributed by atoms with Crippen LogP contribution in [0, 0.1) is 0 Å². The Morgan fingerprint density at radius 1 is 1.88 bits per heavy atom. The van der Waals surface area contributed by atoms with Gasteiger partial charge >= 0.3 is 0 Å². The lowest BCUT2D eigenvalue weighted by molar-refractivity contribution is 0.331. The van der Waals surface area contributed by atoms with E-state index in [2.05, 4.69) is 6.92 Å². The number of hydrogen-bond acceptors (Lipinski definition) is 2. The summed E-state index contributed by atoms with van der Waals surface area (Å²) in [6, 6.07) is 0.461. The number of nitrogens with zero attached hydrogens (tertiary/aromatic N) is 1. The average molecular weight is 131 g/mol. The fourth-order valence-corrected chi connectivity index (χ4v) is 0.833. The molecule has 0 aromatic carbocycles. The molecule has 1 heterocycles. The van der Waals surface area contributed by atoms with Crippen molar-refractivity contribution in [3.63, 3.8) is 0 Å². The van der Waals surface area contributed by atoms with Crippen LogP contribution in [0.4, 0.5) is 0 Å². The second-order valence-electron chi connectivity index (χ2n) is 2.04. The zero-order valence-electron chi connectivity index (χ0n) is 5.05. The smallest absolute Gasteiger partial charge is 0.259 e. The van der Waals surface area contributed by atoms with Crippen LogP contribution in [0.25, 0.3) is 0 Å². The fourth-order valence-electron chi connectivity index (χ4n) is 0.585. The Morgan fingerprint density at radius 2 is 2.50 bits per heavy atom. The van der Waals surface area contributed by atoms with Crippen molar-refractivity contribution in [2.24, 2.45) is 0 Å². The van der Waals surface area contributed by atoms with E-state index in [1.54, 1.807) is 0 Å². The van der Waals surface area contributed by atoms with E-state index in [1.807, 2.05) is 11.9 Å². The van der Waals surface area contributed by atoms with Gasteiger partial charge in [-0.15, -0.1) is 0 Å². The Hall–Kier alpha value is -0.310. The summed E-state index contributed by atoms with van der Waals surface area (Å²) in [5, 5.41) is 0.623. The summed E-state index contributed by atoms with van der Waals surface area (Å²) in [6.07, 6.45) is 0. The van der Waals surface area contributed by atoms with E-state index in [0.29, 0.717) is 11.2 Å². The van der Waals surface area contributed by atoms with Crippen LogP contribution in [-0.2, 0) is 4.74 Å². The summed E-state index contributed by atoms with van der Waals surface area (Å²) in [5.74, 6) is 0. The van der Waals surface area contributed by atoms with Crippen LogP contribution in [-0.4, -0.2) is 29.8 Å². The third-order valence-corrected chi connectivity index (χ3v) is 1.80. The minimum atomic E-state index is 0.461. The van der Waals surface area contributed by atoms with Gasteiger partial charge in [0.15, 0.2) is 0 Å². The number of likely N-dealkylation sites (N-methyl/N-ethyl adjacent to an activating group) is 1. The van der Waals surface area contributed by atoms with E-state index in [4.69, 9.17) is 17.0 Å². The van der Waals surface area contributed by atoms with Gasteiger partial charge in [-0.2, -0.15) is 0 Å². The van der Waals surface area contributed by atoms with Crippen molar-refractivity contribution >= 4 is 17.4 Å². The van der Waals surface area contributed by atoms with E-state index in [0.717, 1.165) is 6.61 Å². The highest BCUT2D eigenvalue weighted by molar-refractivity contribution is 7.80. The van der Waals surface area contributed by atoms with Crippen molar-refractivity contribution < 1.29 is 4.74 Å². The Morgan fingerprint density at radius 3 is 2.62 bits per heavy atom. The molecule has 3 heteroatoms. The molecular formula is C5H9NOS. The zero-order chi connectivity index (χ0) is 6.15. The number of ether oxygens (including phenoxy) is 1. The van der Waals surface area contributed by atoms with Gasteiger partial charge in [-0.25, -0.2) is 0 Å². The van der Waals surface area contributed by atoms with Gasteiger partial charge in [-0.3, -0.25) is 0 Å². The lowest BCUT2D eigenvalue weighted by atomic mass is 10.4. The van der Waals surface area contributed by atoms with E-state index >= 15 is 0 Å². The summed E-state index contributed by atoms with van der Waals surface area (Å²) in [4.78, 5) is 1.95. The van der Waals surface area contributed by atoms with Gasteiger partial charge in [0.2, 0.25) is 0 Å². The predicted molar refractivity (Wildman–Crippen MR) is 35.8 cm³/mol. The summed E-state index contributed by atoms with van der Waals surface area (Å²) in [6.45, 7) is 2.83. The largest absolute Gasteiger partial charge is 0.469 e.